The number of aryl methyl sites for hydroxylation is 2. The molecule has 5 nitrogen and oxygen atoms in total. The molecule has 1 aromatic heterocycles. The van der Waals surface area contributed by atoms with Crippen LogP contribution >= 0.6 is 0 Å². The summed E-state index contributed by atoms with van der Waals surface area (Å²) in [6.45, 7) is 5.67. The van der Waals surface area contributed by atoms with Gasteiger partial charge in [-0.3, -0.25) is 9.48 Å². The fraction of sp³-hybridized carbons (Fsp3) is 0.778. The highest BCUT2D eigenvalue weighted by molar-refractivity contribution is 5.76. The van der Waals surface area contributed by atoms with Crippen molar-refractivity contribution in [3.8, 4) is 0 Å². The zero-order chi connectivity index (χ0) is 16.7. The van der Waals surface area contributed by atoms with Crippen LogP contribution in [0.5, 0.6) is 0 Å². The molecule has 0 aromatic carbocycles. The number of aromatic nitrogens is 2. The fourth-order valence-electron chi connectivity index (χ4n) is 3.47. The largest absolute Gasteiger partial charge is 0.355 e. The van der Waals surface area contributed by atoms with Gasteiger partial charge in [-0.15, -0.1) is 0 Å². The molecule has 2 N–H and O–H groups in total. The Balaban J connectivity index is 1.61. The van der Waals surface area contributed by atoms with Crippen LogP contribution in [0.2, 0.25) is 0 Å². The van der Waals surface area contributed by atoms with Gasteiger partial charge in [-0.05, 0) is 38.7 Å². The number of nitrogens with one attached hydrogen (secondary N) is 2. The van der Waals surface area contributed by atoms with E-state index in [9.17, 15) is 4.79 Å². The molecule has 1 amide bonds. The van der Waals surface area contributed by atoms with Crippen LogP contribution in [0.1, 0.15) is 61.9 Å². The molecule has 0 saturated heterocycles. The molecule has 1 fully saturated rings. The first-order valence-electron chi connectivity index (χ1n) is 9.07. The summed E-state index contributed by atoms with van der Waals surface area (Å²) in [6, 6.07) is 0.648. The molecular formula is C18H32N4O. The molecule has 5 heteroatoms. The number of carbonyl (C=O) groups excluding carboxylic acids is 1. The molecule has 0 atom stereocenters. The maximum Gasteiger partial charge on any atom is 0.220 e. The minimum atomic E-state index is 0.135. The van der Waals surface area contributed by atoms with Gasteiger partial charge < -0.3 is 10.6 Å². The Kier molecular flexibility index (Phi) is 7.09. The molecular weight excluding hydrogens is 288 g/mol. The van der Waals surface area contributed by atoms with Crippen LogP contribution in [-0.2, 0) is 18.3 Å². The smallest absolute Gasteiger partial charge is 0.220 e. The van der Waals surface area contributed by atoms with Gasteiger partial charge in [0.15, 0.2) is 0 Å². The third kappa shape index (κ3) is 5.65. The van der Waals surface area contributed by atoms with E-state index >= 15 is 0 Å². The van der Waals surface area contributed by atoms with Gasteiger partial charge in [-0.25, -0.2) is 0 Å². The first-order valence-corrected chi connectivity index (χ1v) is 9.07. The Morgan fingerprint density at radius 1 is 1.17 bits per heavy atom. The van der Waals surface area contributed by atoms with E-state index in [1.54, 1.807) is 0 Å². The topological polar surface area (TPSA) is 59.0 Å². The lowest BCUT2D eigenvalue weighted by atomic mass is 10.1. The van der Waals surface area contributed by atoms with Gasteiger partial charge in [0.2, 0.25) is 5.91 Å². The minimum Gasteiger partial charge on any atom is -0.355 e. The first-order chi connectivity index (χ1) is 11.1. The van der Waals surface area contributed by atoms with Crippen molar-refractivity contribution < 1.29 is 4.79 Å². The Morgan fingerprint density at radius 3 is 2.48 bits per heavy atom. The molecule has 1 aliphatic carbocycles. The van der Waals surface area contributed by atoms with E-state index in [-0.39, 0.29) is 5.91 Å². The molecule has 1 saturated carbocycles. The van der Waals surface area contributed by atoms with Gasteiger partial charge >= 0.3 is 0 Å². The summed E-state index contributed by atoms with van der Waals surface area (Å²) in [6.07, 6.45) is 9.32. The van der Waals surface area contributed by atoms with Gasteiger partial charge in [-0.1, -0.05) is 25.7 Å². The van der Waals surface area contributed by atoms with Crippen LogP contribution in [0.3, 0.4) is 0 Å². The quantitative estimate of drug-likeness (QED) is 0.599. The molecule has 0 unspecified atom stereocenters. The Morgan fingerprint density at radius 2 is 1.87 bits per heavy atom. The second kappa shape index (κ2) is 9.06. The third-order valence-corrected chi connectivity index (χ3v) is 5.00. The lowest BCUT2D eigenvalue weighted by Gasteiger charge is -2.16. The van der Waals surface area contributed by atoms with Crippen LogP contribution in [-0.4, -0.2) is 34.8 Å². The average molecular weight is 320 g/mol. The van der Waals surface area contributed by atoms with Crippen molar-refractivity contribution in [1.29, 1.82) is 0 Å². The van der Waals surface area contributed by atoms with Gasteiger partial charge in [0.05, 0.1) is 5.69 Å². The van der Waals surface area contributed by atoms with Crippen molar-refractivity contribution >= 4 is 5.91 Å². The van der Waals surface area contributed by atoms with Gasteiger partial charge in [0, 0.05) is 38.3 Å². The molecule has 0 bridgehead atoms. The Labute approximate surface area is 140 Å². The van der Waals surface area contributed by atoms with E-state index in [0.717, 1.165) is 30.9 Å². The highest BCUT2D eigenvalue weighted by atomic mass is 16.1. The monoisotopic (exact) mass is 320 g/mol. The number of hydrogen-bond acceptors (Lipinski definition) is 3. The van der Waals surface area contributed by atoms with Crippen LogP contribution in [0, 0.1) is 13.8 Å². The number of hydrogen-bond donors (Lipinski definition) is 2. The highest BCUT2D eigenvalue weighted by Crippen LogP contribution is 2.17. The van der Waals surface area contributed by atoms with E-state index in [0.29, 0.717) is 12.5 Å². The zero-order valence-corrected chi connectivity index (χ0v) is 15.0. The SMILES string of the molecule is Cc1nn(C)c(C)c1CCC(=O)NCCNC1CCCCCC1. The lowest BCUT2D eigenvalue weighted by Crippen LogP contribution is -2.36. The van der Waals surface area contributed by atoms with Crippen molar-refractivity contribution in [3.05, 3.63) is 17.0 Å². The second-order valence-corrected chi connectivity index (χ2v) is 6.77. The molecule has 1 aromatic rings. The highest BCUT2D eigenvalue weighted by Gasteiger charge is 2.12. The fourth-order valence-corrected chi connectivity index (χ4v) is 3.47. The van der Waals surface area contributed by atoms with E-state index < -0.39 is 0 Å². The van der Waals surface area contributed by atoms with Gasteiger partial charge in [0.1, 0.15) is 0 Å². The zero-order valence-electron chi connectivity index (χ0n) is 15.0. The van der Waals surface area contributed by atoms with Crippen molar-refractivity contribution in [2.75, 3.05) is 13.1 Å². The van der Waals surface area contributed by atoms with Crippen molar-refractivity contribution in [2.24, 2.45) is 7.05 Å². The molecule has 23 heavy (non-hydrogen) atoms. The number of carbonyl (C=O) groups is 1. The maximum atomic E-state index is 12.0. The molecule has 130 valence electrons. The third-order valence-electron chi connectivity index (χ3n) is 5.00. The van der Waals surface area contributed by atoms with Crippen LogP contribution in [0.15, 0.2) is 0 Å². The predicted molar refractivity (Wildman–Crippen MR) is 93.5 cm³/mol. The normalized spacial score (nSPS) is 16.3. The molecule has 0 radical (unpaired) electrons. The Bertz CT molecular complexity index is 501. The average Bonchev–Trinajstić information content (AvgIpc) is 2.73. The molecule has 0 aliphatic heterocycles. The first kappa shape index (κ1) is 18.0. The number of nitrogens with zero attached hydrogens (tertiary/aromatic N) is 2. The predicted octanol–water partition coefficient (Wildman–Crippen LogP) is 2.40. The summed E-state index contributed by atoms with van der Waals surface area (Å²) >= 11 is 0. The summed E-state index contributed by atoms with van der Waals surface area (Å²) in [7, 11) is 1.95. The number of amides is 1. The maximum absolute atomic E-state index is 12.0. The standard InChI is InChI=1S/C18H32N4O/c1-14-17(15(2)22(3)21-14)10-11-18(23)20-13-12-19-16-8-6-4-5-7-9-16/h16,19H,4-13H2,1-3H3,(H,20,23). The summed E-state index contributed by atoms with van der Waals surface area (Å²) in [5.74, 6) is 0.135. The van der Waals surface area contributed by atoms with Crippen molar-refractivity contribution in [1.82, 2.24) is 20.4 Å². The lowest BCUT2D eigenvalue weighted by molar-refractivity contribution is -0.121. The summed E-state index contributed by atoms with van der Waals surface area (Å²) in [5.41, 5.74) is 3.40. The molecule has 0 spiro atoms. The van der Waals surface area contributed by atoms with Crippen molar-refractivity contribution in [2.45, 2.75) is 71.3 Å². The van der Waals surface area contributed by atoms with Crippen molar-refractivity contribution in [3.63, 3.8) is 0 Å². The minimum absolute atomic E-state index is 0.135. The van der Waals surface area contributed by atoms with Crippen LogP contribution in [0.4, 0.5) is 0 Å². The van der Waals surface area contributed by atoms with Crippen LogP contribution in [0.25, 0.3) is 0 Å². The van der Waals surface area contributed by atoms with E-state index in [1.165, 1.54) is 44.1 Å². The van der Waals surface area contributed by atoms with E-state index in [4.69, 9.17) is 0 Å². The van der Waals surface area contributed by atoms with Gasteiger partial charge in [0.25, 0.3) is 0 Å². The van der Waals surface area contributed by atoms with Gasteiger partial charge in [-0.2, -0.15) is 5.10 Å². The molecule has 1 heterocycles. The Hall–Kier alpha value is -1.36. The summed E-state index contributed by atoms with van der Waals surface area (Å²) < 4.78 is 1.89. The molecule has 2 rings (SSSR count). The number of rotatable bonds is 7. The summed E-state index contributed by atoms with van der Waals surface area (Å²) in [4.78, 5) is 12.0. The van der Waals surface area contributed by atoms with E-state index in [2.05, 4.69) is 22.7 Å². The van der Waals surface area contributed by atoms with E-state index in [1.807, 2.05) is 18.7 Å². The summed E-state index contributed by atoms with van der Waals surface area (Å²) in [5, 5.41) is 11.0. The second-order valence-electron chi connectivity index (χ2n) is 6.77. The molecule has 1 aliphatic rings. The van der Waals surface area contributed by atoms with Crippen LogP contribution < -0.4 is 10.6 Å².